The molecule has 0 fully saturated rings. The van der Waals surface area contributed by atoms with Crippen LogP contribution in [0.5, 0.6) is 11.5 Å². The number of aryl methyl sites for hydroxylation is 2. The SMILES string of the molecule is COc1ccc(C)c2sc(N(Cc3ccccn3)C(=O)COc3cccc(C)c3)nc12. The number of thiazole rings is 1. The van der Waals surface area contributed by atoms with Gasteiger partial charge in [0.05, 0.1) is 24.0 Å². The van der Waals surface area contributed by atoms with Crippen LogP contribution in [0.4, 0.5) is 5.13 Å². The van der Waals surface area contributed by atoms with Gasteiger partial charge in [-0.15, -0.1) is 0 Å². The van der Waals surface area contributed by atoms with Gasteiger partial charge in [-0.3, -0.25) is 14.7 Å². The molecule has 0 spiro atoms. The Bertz CT molecular complexity index is 1210. The zero-order valence-electron chi connectivity index (χ0n) is 17.7. The lowest BCUT2D eigenvalue weighted by molar-refractivity contribution is -0.120. The van der Waals surface area contributed by atoms with E-state index in [1.165, 1.54) is 11.3 Å². The molecule has 0 radical (unpaired) electrons. The number of anilines is 1. The number of benzene rings is 2. The third kappa shape index (κ3) is 4.67. The number of amides is 1. The van der Waals surface area contributed by atoms with Crippen LogP contribution in [-0.4, -0.2) is 29.6 Å². The molecule has 1 amide bonds. The van der Waals surface area contributed by atoms with E-state index in [0.29, 0.717) is 23.2 Å². The Labute approximate surface area is 185 Å². The lowest BCUT2D eigenvalue weighted by Gasteiger charge is -2.19. The molecule has 0 aliphatic rings. The topological polar surface area (TPSA) is 64.5 Å². The maximum atomic E-state index is 13.2. The molecule has 6 nitrogen and oxygen atoms in total. The van der Waals surface area contributed by atoms with E-state index in [2.05, 4.69) is 4.98 Å². The number of hydrogen-bond donors (Lipinski definition) is 0. The number of ether oxygens (including phenoxy) is 2. The van der Waals surface area contributed by atoms with Gasteiger partial charge in [-0.05, 0) is 55.3 Å². The van der Waals surface area contributed by atoms with Crippen molar-refractivity contribution in [3.8, 4) is 11.5 Å². The van der Waals surface area contributed by atoms with Crippen LogP contribution in [0.15, 0.2) is 60.8 Å². The van der Waals surface area contributed by atoms with Crippen LogP contribution in [-0.2, 0) is 11.3 Å². The molecule has 0 unspecified atom stereocenters. The van der Waals surface area contributed by atoms with E-state index in [9.17, 15) is 4.79 Å². The van der Waals surface area contributed by atoms with Crippen molar-refractivity contribution in [3.05, 3.63) is 77.6 Å². The fourth-order valence-electron chi connectivity index (χ4n) is 3.22. The molecule has 0 bridgehead atoms. The van der Waals surface area contributed by atoms with Gasteiger partial charge < -0.3 is 9.47 Å². The molecule has 4 rings (SSSR count). The van der Waals surface area contributed by atoms with Crippen molar-refractivity contribution >= 4 is 32.6 Å². The Morgan fingerprint density at radius 3 is 2.71 bits per heavy atom. The Morgan fingerprint density at radius 2 is 1.97 bits per heavy atom. The number of carbonyl (C=O) groups excluding carboxylic acids is 1. The first-order chi connectivity index (χ1) is 15.0. The maximum absolute atomic E-state index is 13.2. The Balaban J connectivity index is 1.66. The number of fused-ring (bicyclic) bond motifs is 1. The molecular weight excluding hydrogens is 410 g/mol. The van der Waals surface area contributed by atoms with Crippen LogP contribution >= 0.6 is 11.3 Å². The van der Waals surface area contributed by atoms with Crippen molar-refractivity contribution in [2.75, 3.05) is 18.6 Å². The molecule has 0 atom stereocenters. The van der Waals surface area contributed by atoms with Gasteiger partial charge >= 0.3 is 0 Å². The molecule has 2 heterocycles. The summed E-state index contributed by atoms with van der Waals surface area (Å²) in [7, 11) is 1.62. The van der Waals surface area contributed by atoms with Crippen LogP contribution in [0.2, 0.25) is 0 Å². The van der Waals surface area contributed by atoms with Crippen molar-refractivity contribution in [1.29, 1.82) is 0 Å². The molecule has 31 heavy (non-hydrogen) atoms. The second-order valence-corrected chi connectivity index (χ2v) is 8.14. The van der Waals surface area contributed by atoms with Crippen molar-refractivity contribution in [1.82, 2.24) is 9.97 Å². The number of hydrogen-bond acceptors (Lipinski definition) is 6. The summed E-state index contributed by atoms with van der Waals surface area (Å²) in [5.41, 5.74) is 3.68. The van der Waals surface area contributed by atoms with E-state index < -0.39 is 0 Å². The van der Waals surface area contributed by atoms with Crippen LogP contribution in [0.3, 0.4) is 0 Å². The number of nitrogens with zero attached hydrogens (tertiary/aromatic N) is 3. The molecule has 7 heteroatoms. The van der Waals surface area contributed by atoms with Gasteiger partial charge in [0, 0.05) is 6.20 Å². The van der Waals surface area contributed by atoms with E-state index in [-0.39, 0.29) is 12.5 Å². The lowest BCUT2D eigenvalue weighted by atomic mass is 10.2. The minimum Gasteiger partial charge on any atom is -0.494 e. The average molecular weight is 434 g/mol. The Kier molecular flexibility index (Phi) is 6.13. The minimum atomic E-state index is -0.192. The second kappa shape index (κ2) is 9.14. The molecule has 0 aliphatic carbocycles. The van der Waals surface area contributed by atoms with Crippen LogP contribution in [0, 0.1) is 13.8 Å². The summed E-state index contributed by atoms with van der Waals surface area (Å²) in [6.07, 6.45) is 1.72. The molecule has 4 aromatic rings. The van der Waals surface area contributed by atoms with E-state index in [1.807, 2.05) is 68.4 Å². The number of aromatic nitrogens is 2. The number of methoxy groups -OCH3 is 1. The number of pyridine rings is 1. The molecule has 158 valence electrons. The summed E-state index contributed by atoms with van der Waals surface area (Å²) in [6.45, 7) is 4.22. The van der Waals surface area contributed by atoms with Crippen molar-refractivity contribution in [2.45, 2.75) is 20.4 Å². The van der Waals surface area contributed by atoms with Crippen molar-refractivity contribution in [2.24, 2.45) is 0 Å². The highest BCUT2D eigenvalue weighted by molar-refractivity contribution is 7.22. The standard InChI is InChI=1S/C24H23N3O3S/c1-16-7-6-9-19(13-16)30-15-21(28)27(14-18-8-4-5-12-25-18)24-26-22-20(29-3)11-10-17(2)23(22)31-24/h4-13H,14-15H2,1-3H3. The number of rotatable bonds is 7. The first-order valence-corrected chi connectivity index (χ1v) is 10.7. The zero-order chi connectivity index (χ0) is 21.8. The van der Waals surface area contributed by atoms with Crippen LogP contribution in [0.1, 0.15) is 16.8 Å². The Hall–Kier alpha value is -3.45. The predicted molar refractivity (Wildman–Crippen MR) is 123 cm³/mol. The Morgan fingerprint density at radius 1 is 1.10 bits per heavy atom. The number of carbonyl (C=O) groups is 1. The monoisotopic (exact) mass is 433 g/mol. The highest BCUT2D eigenvalue weighted by Crippen LogP contribution is 2.36. The van der Waals surface area contributed by atoms with E-state index in [1.54, 1.807) is 18.2 Å². The van der Waals surface area contributed by atoms with E-state index in [4.69, 9.17) is 14.5 Å². The maximum Gasteiger partial charge on any atom is 0.267 e. The third-order valence-corrected chi connectivity index (χ3v) is 6.06. The first kappa shape index (κ1) is 20.8. The molecule has 0 saturated heterocycles. The lowest BCUT2D eigenvalue weighted by Crippen LogP contribution is -2.34. The van der Waals surface area contributed by atoms with Crippen LogP contribution < -0.4 is 14.4 Å². The van der Waals surface area contributed by atoms with E-state index >= 15 is 0 Å². The fraction of sp³-hybridized carbons (Fsp3) is 0.208. The van der Waals surface area contributed by atoms with Crippen molar-refractivity contribution < 1.29 is 14.3 Å². The second-order valence-electron chi connectivity index (χ2n) is 7.17. The summed E-state index contributed by atoms with van der Waals surface area (Å²) in [5.74, 6) is 1.15. The van der Waals surface area contributed by atoms with E-state index in [0.717, 1.165) is 27.0 Å². The summed E-state index contributed by atoms with van der Waals surface area (Å²) >= 11 is 1.46. The highest BCUT2D eigenvalue weighted by Gasteiger charge is 2.23. The molecule has 2 aromatic heterocycles. The third-order valence-electron chi connectivity index (χ3n) is 4.84. The smallest absolute Gasteiger partial charge is 0.267 e. The normalized spacial score (nSPS) is 10.8. The van der Waals surface area contributed by atoms with Crippen LogP contribution in [0.25, 0.3) is 10.2 Å². The summed E-state index contributed by atoms with van der Waals surface area (Å²) < 4.78 is 12.2. The van der Waals surface area contributed by atoms with Gasteiger partial charge in [0.1, 0.15) is 17.0 Å². The molecule has 2 aromatic carbocycles. The highest BCUT2D eigenvalue weighted by atomic mass is 32.1. The molecule has 0 aliphatic heterocycles. The summed E-state index contributed by atoms with van der Waals surface area (Å²) in [4.78, 5) is 24.0. The van der Waals surface area contributed by atoms with Crippen molar-refractivity contribution in [3.63, 3.8) is 0 Å². The van der Waals surface area contributed by atoms with Gasteiger partial charge in [-0.1, -0.05) is 35.6 Å². The molecular formula is C24H23N3O3S. The predicted octanol–water partition coefficient (Wildman–Crippen LogP) is 4.93. The quantitative estimate of drug-likeness (QED) is 0.414. The zero-order valence-corrected chi connectivity index (χ0v) is 18.5. The summed E-state index contributed by atoms with van der Waals surface area (Å²) in [6, 6.07) is 17.2. The molecule has 0 saturated carbocycles. The minimum absolute atomic E-state index is 0.0949. The molecule has 0 N–H and O–H groups in total. The fourth-order valence-corrected chi connectivity index (χ4v) is 4.29. The summed E-state index contributed by atoms with van der Waals surface area (Å²) in [5, 5.41) is 0.589. The van der Waals surface area contributed by atoms with Gasteiger partial charge in [0.25, 0.3) is 5.91 Å². The van der Waals surface area contributed by atoms with Gasteiger partial charge in [-0.2, -0.15) is 0 Å². The van der Waals surface area contributed by atoms with Gasteiger partial charge in [0.2, 0.25) is 0 Å². The largest absolute Gasteiger partial charge is 0.494 e. The average Bonchev–Trinajstić information content (AvgIpc) is 3.23. The van der Waals surface area contributed by atoms with Gasteiger partial charge in [-0.25, -0.2) is 4.98 Å². The first-order valence-electron chi connectivity index (χ1n) is 9.89. The van der Waals surface area contributed by atoms with Gasteiger partial charge in [0.15, 0.2) is 11.7 Å².